The number of anilines is 1. The highest BCUT2D eigenvalue weighted by Crippen LogP contribution is 2.27. The molecule has 23 heavy (non-hydrogen) atoms. The fourth-order valence-corrected chi connectivity index (χ4v) is 2.79. The van der Waals surface area contributed by atoms with Crippen LogP contribution in [-0.2, 0) is 4.79 Å². The molecule has 1 aliphatic carbocycles. The number of hydrogen-bond acceptors (Lipinski definition) is 5. The molecule has 1 saturated carbocycles. The molecule has 1 atom stereocenters. The number of carbonyl (C=O) groups is 1. The lowest BCUT2D eigenvalue weighted by molar-refractivity contribution is -0.384. The summed E-state index contributed by atoms with van der Waals surface area (Å²) in [4.78, 5) is 22.6. The second-order valence-corrected chi connectivity index (χ2v) is 5.92. The van der Waals surface area contributed by atoms with Crippen molar-refractivity contribution in [2.24, 2.45) is 0 Å². The molecule has 0 bridgehead atoms. The molecule has 1 aromatic rings. The summed E-state index contributed by atoms with van der Waals surface area (Å²) in [6.45, 7) is 1.67. The zero-order chi connectivity index (χ0) is 16.9. The number of nitriles is 1. The van der Waals surface area contributed by atoms with Gasteiger partial charge in [0.25, 0.3) is 5.69 Å². The molecule has 1 amide bonds. The lowest BCUT2D eigenvalue weighted by Crippen LogP contribution is -2.52. The Kier molecular flexibility index (Phi) is 5.16. The molecular weight excluding hydrogens is 296 g/mol. The van der Waals surface area contributed by atoms with Gasteiger partial charge in [-0.05, 0) is 25.8 Å². The minimum Gasteiger partial charge on any atom is -0.374 e. The monoisotopic (exact) mass is 316 g/mol. The molecule has 7 heteroatoms. The third-order valence-corrected chi connectivity index (χ3v) is 4.12. The SMILES string of the molecule is C[C@H](Nc1cccc([N+](=O)[O-])c1)C(=O)NC1(C#N)CCCCC1. The summed E-state index contributed by atoms with van der Waals surface area (Å²) >= 11 is 0. The molecular formula is C16H20N4O3. The quantitative estimate of drug-likeness (QED) is 0.641. The summed E-state index contributed by atoms with van der Waals surface area (Å²) < 4.78 is 0. The fraction of sp³-hybridized carbons (Fsp3) is 0.500. The molecule has 0 saturated heterocycles. The van der Waals surface area contributed by atoms with Gasteiger partial charge in [0.1, 0.15) is 11.6 Å². The summed E-state index contributed by atoms with van der Waals surface area (Å²) in [6.07, 6.45) is 4.28. The first-order valence-corrected chi connectivity index (χ1v) is 7.70. The summed E-state index contributed by atoms with van der Waals surface area (Å²) in [5.41, 5.74) is -0.326. The molecule has 0 aliphatic heterocycles. The molecule has 1 aromatic carbocycles. The molecule has 0 aromatic heterocycles. The Morgan fingerprint density at radius 2 is 2.09 bits per heavy atom. The highest BCUT2D eigenvalue weighted by Gasteiger charge is 2.34. The van der Waals surface area contributed by atoms with Crippen LogP contribution in [0, 0.1) is 21.4 Å². The number of nitro groups is 1. The van der Waals surface area contributed by atoms with Crippen LogP contribution in [0.1, 0.15) is 39.0 Å². The number of amides is 1. The Balaban J connectivity index is 2.01. The second-order valence-electron chi connectivity index (χ2n) is 5.92. The van der Waals surface area contributed by atoms with E-state index in [1.54, 1.807) is 19.1 Å². The van der Waals surface area contributed by atoms with E-state index in [1.807, 2.05) is 0 Å². The minimum absolute atomic E-state index is 0.0385. The van der Waals surface area contributed by atoms with Gasteiger partial charge in [0, 0.05) is 17.8 Å². The second kappa shape index (κ2) is 7.09. The smallest absolute Gasteiger partial charge is 0.271 e. The molecule has 2 rings (SSSR count). The fourth-order valence-electron chi connectivity index (χ4n) is 2.79. The molecule has 7 nitrogen and oxygen atoms in total. The molecule has 1 aliphatic rings. The van der Waals surface area contributed by atoms with Crippen molar-refractivity contribution in [3.63, 3.8) is 0 Å². The predicted octanol–water partition coefficient (Wildman–Crippen LogP) is 2.74. The van der Waals surface area contributed by atoms with Gasteiger partial charge in [-0.15, -0.1) is 0 Å². The van der Waals surface area contributed by atoms with E-state index in [0.717, 1.165) is 19.3 Å². The first kappa shape index (κ1) is 16.7. The van der Waals surface area contributed by atoms with E-state index in [9.17, 15) is 20.2 Å². The third-order valence-electron chi connectivity index (χ3n) is 4.12. The molecule has 0 spiro atoms. The average Bonchev–Trinajstić information content (AvgIpc) is 2.55. The van der Waals surface area contributed by atoms with Gasteiger partial charge < -0.3 is 10.6 Å². The van der Waals surface area contributed by atoms with E-state index >= 15 is 0 Å². The number of benzene rings is 1. The summed E-state index contributed by atoms with van der Waals surface area (Å²) in [6, 6.07) is 7.64. The van der Waals surface area contributed by atoms with Crippen molar-refractivity contribution in [1.29, 1.82) is 5.26 Å². The number of nitro benzene ring substituents is 1. The van der Waals surface area contributed by atoms with Crippen LogP contribution in [0.25, 0.3) is 0 Å². The molecule has 0 unspecified atom stereocenters. The zero-order valence-electron chi connectivity index (χ0n) is 13.0. The van der Waals surface area contributed by atoms with Crippen LogP contribution in [0.2, 0.25) is 0 Å². The maximum Gasteiger partial charge on any atom is 0.271 e. The van der Waals surface area contributed by atoms with Crippen molar-refractivity contribution in [2.45, 2.75) is 50.6 Å². The van der Waals surface area contributed by atoms with Crippen molar-refractivity contribution in [1.82, 2.24) is 5.32 Å². The van der Waals surface area contributed by atoms with E-state index in [-0.39, 0.29) is 11.6 Å². The number of nitrogens with zero attached hydrogens (tertiary/aromatic N) is 2. The average molecular weight is 316 g/mol. The van der Waals surface area contributed by atoms with Crippen LogP contribution in [-0.4, -0.2) is 22.4 Å². The molecule has 0 heterocycles. The van der Waals surface area contributed by atoms with Crippen molar-refractivity contribution < 1.29 is 9.72 Å². The van der Waals surface area contributed by atoms with Gasteiger partial charge in [-0.2, -0.15) is 5.26 Å². The van der Waals surface area contributed by atoms with E-state index in [0.29, 0.717) is 18.5 Å². The molecule has 2 N–H and O–H groups in total. The minimum atomic E-state index is -0.784. The van der Waals surface area contributed by atoms with Gasteiger partial charge in [-0.25, -0.2) is 0 Å². The maximum atomic E-state index is 12.3. The van der Waals surface area contributed by atoms with Gasteiger partial charge in [0.15, 0.2) is 0 Å². The zero-order valence-corrected chi connectivity index (χ0v) is 13.0. The van der Waals surface area contributed by atoms with Crippen LogP contribution < -0.4 is 10.6 Å². The number of nitrogens with one attached hydrogen (secondary N) is 2. The van der Waals surface area contributed by atoms with E-state index in [2.05, 4.69) is 16.7 Å². The Morgan fingerprint density at radius 1 is 1.39 bits per heavy atom. The van der Waals surface area contributed by atoms with Crippen molar-refractivity contribution in [3.05, 3.63) is 34.4 Å². The Hall–Kier alpha value is -2.62. The predicted molar refractivity (Wildman–Crippen MR) is 85.8 cm³/mol. The lowest BCUT2D eigenvalue weighted by atomic mass is 9.82. The topological polar surface area (TPSA) is 108 Å². The standard InChI is InChI=1S/C16H20N4O3/c1-12(18-13-6-5-7-14(10-13)20(22)23)15(21)19-16(11-17)8-3-2-4-9-16/h5-7,10,12,18H,2-4,8-9H2,1H3,(H,19,21)/t12-/m0/s1. The van der Waals surface area contributed by atoms with Crippen LogP contribution in [0.3, 0.4) is 0 Å². The van der Waals surface area contributed by atoms with Gasteiger partial charge in [-0.1, -0.05) is 25.3 Å². The van der Waals surface area contributed by atoms with Crippen LogP contribution in [0.15, 0.2) is 24.3 Å². The highest BCUT2D eigenvalue weighted by molar-refractivity contribution is 5.85. The Bertz CT molecular complexity index is 632. The highest BCUT2D eigenvalue weighted by atomic mass is 16.6. The van der Waals surface area contributed by atoms with E-state index in [4.69, 9.17) is 0 Å². The van der Waals surface area contributed by atoms with E-state index in [1.165, 1.54) is 12.1 Å². The number of non-ortho nitro benzene ring substituents is 1. The Morgan fingerprint density at radius 3 is 2.70 bits per heavy atom. The van der Waals surface area contributed by atoms with Crippen LogP contribution in [0.5, 0.6) is 0 Å². The van der Waals surface area contributed by atoms with Gasteiger partial charge in [0.2, 0.25) is 5.91 Å². The molecule has 0 radical (unpaired) electrons. The first-order chi connectivity index (χ1) is 11.0. The van der Waals surface area contributed by atoms with Crippen molar-refractivity contribution in [3.8, 4) is 6.07 Å². The largest absolute Gasteiger partial charge is 0.374 e. The first-order valence-electron chi connectivity index (χ1n) is 7.70. The summed E-state index contributed by atoms with van der Waals surface area (Å²) in [7, 11) is 0. The lowest BCUT2D eigenvalue weighted by Gasteiger charge is -2.32. The summed E-state index contributed by atoms with van der Waals surface area (Å²) in [5.74, 6) is -0.278. The molecule has 122 valence electrons. The normalized spacial score (nSPS) is 17.6. The third kappa shape index (κ3) is 4.19. The van der Waals surface area contributed by atoms with Crippen LogP contribution in [0.4, 0.5) is 11.4 Å². The summed E-state index contributed by atoms with van der Waals surface area (Å²) in [5, 5.41) is 26.0. The van der Waals surface area contributed by atoms with Gasteiger partial charge in [-0.3, -0.25) is 14.9 Å². The van der Waals surface area contributed by atoms with E-state index < -0.39 is 16.5 Å². The van der Waals surface area contributed by atoms with Gasteiger partial charge in [0.05, 0.1) is 11.0 Å². The van der Waals surface area contributed by atoms with Crippen molar-refractivity contribution in [2.75, 3.05) is 5.32 Å². The number of rotatable bonds is 5. The molecule has 1 fully saturated rings. The number of hydrogen-bond donors (Lipinski definition) is 2. The Labute approximate surface area is 134 Å². The number of carbonyl (C=O) groups excluding carboxylic acids is 1. The van der Waals surface area contributed by atoms with Crippen molar-refractivity contribution >= 4 is 17.3 Å². The van der Waals surface area contributed by atoms with Crippen LogP contribution >= 0.6 is 0 Å². The maximum absolute atomic E-state index is 12.3. The van der Waals surface area contributed by atoms with Gasteiger partial charge >= 0.3 is 0 Å².